The maximum absolute atomic E-state index is 3.69. The smallest absolute Gasteiger partial charge is 0.00278 e. The molecule has 1 nitrogen and oxygen atoms in total. The fourth-order valence-corrected chi connectivity index (χ4v) is 0.783. The molecule has 0 saturated heterocycles. The van der Waals surface area contributed by atoms with E-state index >= 15 is 0 Å². The lowest BCUT2D eigenvalue weighted by atomic mass is 10.1. The number of rotatable bonds is 4. The van der Waals surface area contributed by atoms with Crippen LogP contribution in [0.3, 0.4) is 0 Å². The average Bonchev–Trinajstić information content (AvgIpc) is 2.20. The van der Waals surface area contributed by atoms with Gasteiger partial charge in [-0.25, -0.2) is 0 Å². The van der Waals surface area contributed by atoms with Gasteiger partial charge in [0.05, 0.1) is 0 Å². The normalized spacial score (nSPS) is 11.5. The number of nitrogens with one attached hydrogen (secondary N) is 1. The van der Waals surface area contributed by atoms with Gasteiger partial charge < -0.3 is 5.32 Å². The average molecular weight is 181 g/mol. The van der Waals surface area contributed by atoms with Crippen LogP contribution in [0.1, 0.15) is 34.1 Å². The monoisotopic (exact) mass is 181 g/mol. The fourth-order valence-electron chi connectivity index (χ4n) is 0.783. The van der Waals surface area contributed by atoms with Gasteiger partial charge in [0.15, 0.2) is 0 Å². The lowest BCUT2D eigenvalue weighted by Crippen LogP contribution is -1.94. The molecule has 0 rings (SSSR count). The molecule has 0 spiro atoms. The maximum Gasteiger partial charge on any atom is 0.00278 e. The molecule has 76 valence electrons. The third-order valence-electron chi connectivity index (χ3n) is 1.47. The van der Waals surface area contributed by atoms with Crippen LogP contribution >= 0.6 is 0 Å². The molecular formula is C12H23N. The Kier molecular flexibility index (Phi) is 12.3. The van der Waals surface area contributed by atoms with Crippen LogP contribution in [0, 0.1) is 0 Å². The summed E-state index contributed by atoms with van der Waals surface area (Å²) in [5.74, 6) is 0. The lowest BCUT2D eigenvalue weighted by Gasteiger charge is -1.98. The molecule has 0 heterocycles. The molecule has 0 aromatic heterocycles. The van der Waals surface area contributed by atoms with Crippen molar-refractivity contribution in [3.05, 3.63) is 36.1 Å². The Labute approximate surface area is 83.2 Å². The SMILES string of the molecule is C=C/C(C)=C\C(=C/NC)CC.CC. The van der Waals surface area contributed by atoms with Crippen LogP contribution < -0.4 is 5.32 Å². The summed E-state index contributed by atoms with van der Waals surface area (Å²) in [6, 6.07) is 0. The molecule has 0 aromatic rings. The minimum atomic E-state index is 1.05. The second kappa shape index (κ2) is 11.0. The van der Waals surface area contributed by atoms with Crippen LogP contribution in [0.25, 0.3) is 0 Å². The van der Waals surface area contributed by atoms with E-state index in [2.05, 4.69) is 24.9 Å². The van der Waals surface area contributed by atoms with Crippen molar-refractivity contribution in [1.82, 2.24) is 5.32 Å². The van der Waals surface area contributed by atoms with Crippen LogP contribution in [0.2, 0.25) is 0 Å². The zero-order chi connectivity index (χ0) is 10.7. The minimum absolute atomic E-state index is 1.05. The van der Waals surface area contributed by atoms with E-state index in [1.165, 1.54) is 11.1 Å². The minimum Gasteiger partial charge on any atom is -0.394 e. The predicted molar refractivity (Wildman–Crippen MR) is 62.7 cm³/mol. The standard InChI is InChI=1S/C10H17N.C2H6/c1-5-9(3)7-10(6-2)8-11-4;1-2/h5,7-8,11H,1,6H2,2-4H3;1-2H3/b9-7-,10-8-;. The molecule has 1 N–H and O–H groups in total. The zero-order valence-electron chi connectivity index (χ0n) is 9.65. The molecule has 1 heteroatoms. The first-order chi connectivity index (χ1) is 6.24. The molecule has 0 saturated carbocycles. The van der Waals surface area contributed by atoms with Gasteiger partial charge in [-0.05, 0) is 25.1 Å². The first-order valence-corrected chi connectivity index (χ1v) is 4.91. The summed E-state index contributed by atoms with van der Waals surface area (Å²) in [6.45, 7) is 11.9. The van der Waals surface area contributed by atoms with Gasteiger partial charge in [-0.2, -0.15) is 0 Å². The van der Waals surface area contributed by atoms with E-state index < -0.39 is 0 Å². The Bertz CT molecular complexity index is 176. The van der Waals surface area contributed by atoms with Gasteiger partial charge in [0.1, 0.15) is 0 Å². The van der Waals surface area contributed by atoms with E-state index in [9.17, 15) is 0 Å². The summed E-state index contributed by atoms with van der Waals surface area (Å²) in [7, 11) is 1.91. The van der Waals surface area contributed by atoms with Crippen molar-refractivity contribution in [3.8, 4) is 0 Å². The third-order valence-corrected chi connectivity index (χ3v) is 1.47. The Hall–Kier alpha value is -0.980. The fraction of sp³-hybridized carbons (Fsp3) is 0.500. The van der Waals surface area contributed by atoms with Crippen LogP contribution in [0.4, 0.5) is 0 Å². The number of hydrogen-bond donors (Lipinski definition) is 1. The van der Waals surface area contributed by atoms with Gasteiger partial charge in [-0.1, -0.05) is 45.1 Å². The Morgan fingerprint density at radius 1 is 1.38 bits per heavy atom. The van der Waals surface area contributed by atoms with E-state index in [0.717, 1.165) is 6.42 Å². The van der Waals surface area contributed by atoms with Crippen molar-refractivity contribution in [3.63, 3.8) is 0 Å². The van der Waals surface area contributed by atoms with Gasteiger partial charge in [-0.15, -0.1) is 0 Å². The summed E-state index contributed by atoms with van der Waals surface area (Å²) in [6.07, 6.45) is 7.04. The highest BCUT2D eigenvalue weighted by Gasteiger charge is 1.87. The molecular weight excluding hydrogens is 158 g/mol. The maximum atomic E-state index is 3.69. The summed E-state index contributed by atoms with van der Waals surface area (Å²) < 4.78 is 0. The van der Waals surface area contributed by atoms with Gasteiger partial charge in [0, 0.05) is 7.05 Å². The Morgan fingerprint density at radius 3 is 2.23 bits per heavy atom. The van der Waals surface area contributed by atoms with Crippen LogP contribution in [-0.2, 0) is 0 Å². The summed E-state index contributed by atoms with van der Waals surface area (Å²) >= 11 is 0. The van der Waals surface area contributed by atoms with E-state index in [4.69, 9.17) is 0 Å². The molecule has 0 unspecified atom stereocenters. The van der Waals surface area contributed by atoms with Crippen molar-refractivity contribution >= 4 is 0 Å². The van der Waals surface area contributed by atoms with Gasteiger partial charge >= 0.3 is 0 Å². The molecule has 0 fully saturated rings. The molecule has 0 atom stereocenters. The van der Waals surface area contributed by atoms with Crippen LogP contribution in [0.5, 0.6) is 0 Å². The van der Waals surface area contributed by atoms with Gasteiger partial charge in [0.25, 0.3) is 0 Å². The molecule has 0 amide bonds. The van der Waals surface area contributed by atoms with Crippen molar-refractivity contribution in [1.29, 1.82) is 0 Å². The highest BCUT2D eigenvalue weighted by molar-refractivity contribution is 5.27. The van der Waals surface area contributed by atoms with E-state index in [0.29, 0.717) is 0 Å². The van der Waals surface area contributed by atoms with Crippen LogP contribution in [0.15, 0.2) is 36.1 Å². The summed E-state index contributed by atoms with van der Waals surface area (Å²) in [5.41, 5.74) is 2.50. The second-order valence-electron chi connectivity index (χ2n) is 2.45. The topological polar surface area (TPSA) is 12.0 Å². The largest absolute Gasteiger partial charge is 0.394 e. The third kappa shape index (κ3) is 8.93. The Balaban J connectivity index is 0. The molecule has 13 heavy (non-hydrogen) atoms. The van der Waals surface area contributed by atoms with Gasteiger partial charge in [0.2, 0.25) is 0 Å². The first-order valence-electron chi connectivity index (χ1n) is 4.91. The van der Waals surface area contributed by atoms with E-state index in [-0.39, 0.29) is 0 Å². The molecule has 0 radical (unpaired) electrons. The molecule has 0 bridgehead atoms. The second-order valence-corrected chi connectivity index (χ2v) is 2.45. The highest BCUT2D eigenvalue weighted by Crippen LogP contribution is 2.05. The Morgan fingerprint density at radius 2 is 1.92 bits per heavy atom. The summed E-state index contributed by atoms with van der Waals surface area (Å²) in [4.78, 5) is 0. The van der Waals surface area contributed by atoms with Crippen molar-refractivity contribution in [2.24, 2.45) is 0 Å². The quantitative estimate of drug-likeness (QED) is 0.653. The number of allylic oxidation sites excluding steroid dienone is 4. The molecule has 0 aromatic carbocycles. The van der Waals surface area contributed by atoms with E-state index in [1.807, 2.05) is 40.1 Å². The van der Waals surface area contributed by atoms with Crippen molar-refractivity contribution in [2.45, 2.75) is 34.1 Å². The molecule has 0 aliphatic rings. The van der Waals surface area contributed by atoms with Crippen LogP contribution in [-0.4, -0.2) is 7.05 Å². The van der Waals surface area contributed by atoms with Crippen molar-refractivity contribution in [2.75, 3.05) is 7.05 Å². The van der Waals surface area contributed by atoms with Gasteiger partial charge in [-0.3, -0.25) is 0 Å². The molecule has 0 aliphatic carbocycles. The first kappa shape index (κ1) is 14.5. The molecule has 0 aliphatic heterocycles. The number of hydrogen-bond acceptors (Lipinski definition) is 1. The zero-order valence-corrected chi connectivity index (χ0v) is 9.65. The highest BCUT2D eigenvalue weighted by atomic mass is 14.8. The predicted octanol–water partition coefficient (Wildman–Crippen LogP) is 3.66. The summed E-state index contributed by atoms with van der Waals surface area (Å²) in [5, 5.41) is 3.01. The lowest BCUT2D eigenvalue weighted by molar-refractivity contribution is 1.04. The van der Waals surface area contributed by atoms with E-state index in [1.54, 1.807) is 0 Å². The van der Waals surface area contributed by atoms with Crippen molar-refractivity contribution < 1.29 is 0 Å².